The molecule has 3 N–H and O–H groups in total. The van der Waals surface area contributed by atoms with Crippen LogP contribution in [0.1, 0.15) is 18.9 Å². The Labute approximate surface area is 73.0 Å². The van der Waals surface area contributed by atoms with E-state index in [9.17, 15) is 0 Å². The lowest BCUT2D eigenvalue weighted by Gasteiger charge is -2.07. The molecule has 0 aliphatic heterocycles. The summed E-state index contributed by atoms with van der Waals surface area (Å²) in [4.78, 5) is 0. The van der Waals surface area contributed by atoms with Crippen LogP contribution >= 0.6 is 0 Å². The molecular weight excluding hydrogens is 150 g/mol. The molecule has 1 aromatic carbocycles. The SMILES string of the molecule is CC[C@H](N)Cc1ccc(O)cc1. The van der Waals surface area contributed by atoms with Crippen molar-refractivity contribution < 1.29 is 5.11 Å². The smallest absolute Gasteiger partial charge is 0.115 e. The first-order valence-electron chi connectivity index (χ1n) is 4.26. The third-order valence-electron chi connectivity index (χ3n) is 1.96. The van der Waals surface area contributed by atoms with Crippen molar-refractivity contribution in [1.82, 2.24) is 0 Å². The standard InChI is InChI=1S/C10H15NO/c1-2-9(11)7-8-3-5-10(12)6-4-8/h3-6,9,12H,2,7,11H2,1H3/t9-/m0/s1. The van der Waals surface area contributed by atoms with E-state index < -0.39 is 0 Å². The second-order valence-corrected chi connectivity index (χ2v) is 3.04. The van der Waals surface area contributed by atoms with E-state index >= 15 is 0 Å². The zero-order valence-corrected chi connectivity index (χ0v) is 7.33. The van der Waals surface area contributed by atoms with Gasteiger partial charge in [-0.3, -0.25) is 0 Å². The van der Waals surface area contributed by atoms with Crippen molar-refractivity contribution >= 4 is 0 Å². The van der Waals surface area contributed by atoms with Gasteiger partial charge < -0.3 is 10.8 Å². The van der Waals surface area contributed by atoms with E-state index in [1.54, 1.807) is 12.1 Å². The van der Waals surface area contributed by atoms with Gasteiger partial charge in [-0.15, -0.1) is 0 Å². The summed E-state index contributed by atoms with van der Waals surface area (Å²) in [5.74, 6) is 0.309. The first kappa shape index (κ1) is 9.07. The molecule has 1 atom stereocenters. The highest BCUT2D eigenvalue weighted by atomic mass is 16.3. The minimum Gasteiger partial charge on any atom is -0.508 e. The third kappa shape index (κ3) is 2.55. The van der Waals surface area contributed by atoms with Gasteiger partial charge in [0, 0.05) is 6.04 Å². The first-order valence-corrected chi connectivity index (χ1v) is 4.26. The molecule has 12 heavy (non-hydrogen) atoms. The highest BCUT2D eigenvalue weighted by Gasteiger charge is 2.00. The number of hydrogen-bond acceptors (Lipinski definition) is 2. The van der Waals surface area contributed by atoms with Crippen molar-refractivity contribution in [1.29, 1.82) is 0 Å². The van der Waals surface area contributed by atoms with E-state index in [1.807, 2.05) is 12.1 Å². The van der Waals surface area contributed by atoms with Crippen LogP contribution in [0.3, 0.4) is 0 Å². The van der Waals surface area contributed by atoms with Crippen LogP contribution in [0, 0.1) is 0 Å². The van der Waals surface area contributed by atoms with Crippen LogP contribution in [0.15, 0.2) is 24.3 Å². The van der Waals surface area contributed by atoms with E-state index in [4.69, 9.17) is 10.8 Å². The van der Waals surface area contributed by atoms with Gasteiger partial charge in [-0.25, -0.2) is 0 Å². The molecule has 0 radical (unpaired) electrons. The van der Waals surface area contributed by atoms with Crippen LogP contribution in [0.4, 0.5) is 0 Å². The molecule has 0 amide bonds. The summed E-state index contributed by atoms with van der Waals surface area (Å²) in [7, 11) is 0. The molecule has 0 saturated heterocycles. The van der Waals surface area contributed by atoms with Crippen molar-refractivity contribution in [3.8, 4) is 5.75 Å². The predicted octanol–water partition coefficient (Wildman–Crippen LogP) is 1.67. The molecule has 0 aromatic heterocycles. The van der Waals surface area contributed by atoms with E-state index in [1.165, 1.54) is 5.56 Å². The van der Waals surface area contributed by atoms with Crippen LogP contribution in [-0.4, -0.2) is 11.1 Å². The summed E-state index contributed by atoms with van der Waals surface area (Å²) in [6, 6.07) is 7.43. The summed E-state index contributed by atoms with van der Waals surface area (Å²) < 4.78 is 0. The molecule has 2 heteroatoms. The Kier molecular flexibility index (Phi) is 3.11. The minimum atomic E-state index is 0.231. The van der Waals surface area contributed by atoms with Gasteiger partial charge >= 0.3 is 0 Å². The average Bonchev–Trinajstić information content (AvgIpc) is 2.09. The predicted molar refractivity (Wildman–Crippen MR) is 50.1 cm³/mol. The molecule has 66 valence electrons. The largest absolute Gasteiger partial charge is 0.508 e. The van der Waals surface area contributed by atoms with Crippen molar-refractivity contribution in [2.45, 2.75) is 25.8 Å². The average molecular weight is 165 g/mol. The van der Waals surface area contributed by atoms with E-state index in [0.29, 0.717) is 5.75 Å². The van der Waals surface area contributed by atoms with Gasteiger partial charge in [0.15, 0.2) is 0 Å². The fourth-order valence-corrected chi connectivity index (χ4v) is 1.08. The lowest BCUT2D eigenvalue weighted by atomic mass is 10.1. The second kappa shape index (κ2) is 4.12. The van der Waals surface area contributed by atoms with Gasteiger partial charge in [-0.1, -0.05) is 19.1 Å². The quantitative estimate of drug-likeness (QED) is 0.715. The zero-order chi connectivity index (χ0) is 8.97. The maximum atomic E-state index is 9.02. The van der Waals surface area contributed by atoms with Crippen LogP contribution in [0.25, 0.3) is 0 Å². The van der Waals surface area contributed by atoms with Crippen LogP contribution in [0.5, 0.6) is 5.75 Å². The maximum Gasteiger partial charge on any atom is 0.115 e. The second-order valence-electron chi connectivity index (χ2n) is 3.04. The molecule has 0 heterocycles. The molecule has 0 aliphatic carbocycles. The van der Waals surface area contributed by atoms with Crippen molar-refractivity contribution in [2.75, 3.05) is 0 Å². The van der Waals surface area contributed by atoms with E-state index in [2.05, 4.69) is 6.92 Å². The number of aromatic hydroxyl groups is 1. The Hall–Kier alpha value is -1.02. The summed E-state index contributed by atoms with van der Waals surface area (Å²) in [6.45, 7) is 2.07. The maximum absolute atomic E-state index is 9.02. The minimum absolute atomic E-state index is 0.231. The molecular formula is C10H15NO. The number of nitrogens with two attached hydrogens (primary N) is 1. The molecule has 0 aliphatic rings. The Morgan fingerprint density at radius 1 is 1.33 bits per heavy atom. The highest BCUT2D eigenvalue weighted by Crippen LogP contribution is 2.11. The van der Waals surface area contributed by atoms with Crippen molar-refractivity contribution in [2.24, 2.45) is 5.73 Å². The number of phenolic OH excluding ortho intramolecular Hbond substituents is 1. The van der Waals surface area contributed by atoms with Gasteiger partial charge in [0.1, 0.15) is 5.75 Å². The lowest BCUT2D eigenvalue weighted by Crippen LogP contribution is -2.21. The summed E-state index contributed by atoms with van der Waals surface area (Å²) in [6.07, 6.45) is 1.87. The number of benzene rings is 1. The molecule has 0 fully saturated rings. The van der Waals surface area contributed by atoms with E-state index in [0.717, 1.165) is 12.8 Å². The molecule has 2 nitrogen and oxygen atoms in total. The number of hydrogen-bond donors (Lipinski definition) is 2. The fraction of sp³-hybridized carbons (Fsp3) is 0.400. The fourth-order valence-electron chi connectivity index (χ4n) is 1.08. The normalized spacial score (nSPS) is 12.8. The van der Waals surface area contributed by atoms with E-state index in [-0.39, 0.29) is 6.04 Å². The monoisotopic (exact) mass is 165 g/mol. The Bertz CT molecular complexity index is 230. The summed E-state index contributed by atoms with van der Waals surface area (Å²) >= 11 is 0. The van der Waals surface area contributed by atoms with Crippen LogP contribution in [0.2, 0.25) is 0 Å². The number of phenols is 1. The van der Waals surface area contributed by atoms with Crippen LogP contribution < -0.4 is 5.73 Å². The summed E-state index contributed by atoms with van der Waals surface area (Å²) in [5, 5.41) is 9.02. The molecule has 0 spiro atoms. The number of rotatable bonds is 3. The van der Waals surface area contributed by atoms with Gasteiger partial charge in [0.2, 0.25) is 0 Å². The van der Waals surface area contributed by atoms with Gasteiger partial charge in [0.05, 0.1) is 0 Å². The van der Waals surface area contributed by atoms with Gasteiger partial charge in [-0.05, 0) is 30.5 Å². The van der Waals surface area contributed by atoms with Crippen molar-refractivity contribution in [3.63, 3.8) is 0 Å². The molecule has 1 rings (SSSR count). The lowest BCUT2D eigenvalue weighted by molar-refractivity contribution is 0.475. The molecule has 1 aromatic rings. The summed E-state index contributed by atoms with van der Waals surface area (Å²) in [5.41, 5.74) is 6.96. The van der Waals surface area contributed by atoms with Gasteiger partial charge in [-0.2, -0.15) is 0 Å². The topological polar surface area (TPSA) is 46.2 Å². The van der Waals surface area contributed by atoms with Crippen molar-refractivity contribution in [3.05, 3.63) is 29.8 Å². The molecule has 0 saturated carbocycles. The third-order valence-corrected chi connectivity index (χ3v) is 1.96. The van der Waals surface area contributed by atoms with Crippen LogP contribution in [-0.2, 0) is 6.42 Å². The Morgan fingerprint density at radius 2 is 1.92 bits per heavy atom. The Morgan fingerprint density at radius 3 is 2.42 bits per heavy atom. The zero-order valence-electron chi connectivity index (χ0n) is 7.33. The highest BCUT2D eigenvalue weighted by molar-refractivity contribution is 5.26. The van der Waals surface area contributed by atoms with Gasteiger partial charge in [0.25, 0.3) is 0 Å². The molecule has 0 unspecified atom stereocenters. The first-order chi connectivity index (χ1) is 5.72. The Balaban J connectivity index is 2.58. The molecule has 0 bridgehead atoms.